The Morgan fingerprint density at radius 2 is 2.07 bits per heavy atom. The fraction of sp³-hybridized carbons (Fsp3) is 0.600. The highest BCUT2D eigenvalue weighted by Crippen LogP contribution is 2.23. The second-order valence-electron chi connectivity index (χ2n) is 7.08. The second kappa shape index (κ2) is 10.5. The van der Waals surface area contributed by atoms with Crippen LogP contribution >= 0.6 is 12.4 Å². The van der Waals surface area contributed by atoms with Crippen LogP contribution in [-0.4, -0.2) is 55.5 Å². The first-order chi connectivity index (χ1) is 12.7. The number of benzene rings is 1. The molecule has 6 nitrogen and oxygen atoms in total. The number of hydrogen-bond acceptors (Lipinski definition) is 4. The molecule has 0 saturated carbocycles. The number of likely N-dealkylation sites (tertiary alicyclic amines) is 1. The van der Waals surface area contributed by atoms with E-state index in [1.807, 2.05) is 36.1 Å². The lowest BCUT2D eigenvalue weighted by atomic mass is 9.97. The van der Waals surface area contributed by atoms with E-state index in [2.05, 4.69) is 10.6 Å². The number of hydrogen-bond donors (Lipinski definition) is 2. The molecule has 0 bridgehead atoms. The summed E-state index contributed by atoms with van der Waals surface area (Å²) in [6, 6.07) is 7.37. The molecule has 150 valence electrons. The Balaban J connectivity index is 0.00000261. The summed E-state index contributed by atoms with van der Waals surface area (Å²) < 4.78 is 5.60. The standard InChI is InChI=1S/C20H29N3O3.ClH/c1-2-26-18-10-4-3-8-16(18)20(25)23-12-6-7-15(14-23)13-22-19(24)17-9-5-11-21-17;/h3-4,8,10,15,17,21H,2,5-7,9,11-14H2,1H3,(H,22,24);1H. The van der Waals surface area contributed by atoms with Gasteiger partial charge in [-0.2, -0.15) is 0 Å². The van der Waals surface area contributed by atoms with Crippen molar-refractivity contribution in [1.29, 1.82) is 0 Å². The molecule has 0 aromatic heterocycles. The van der Waals surface area contributed by atoms with E-state index in [1.54, 1.807) is 0 Å². The van der Waals surface area contributed by atoms with E-state index in [4.69, 9.17) is 4.74 Å². The van der Waals surface area contributed by atoms with Crippen LogP contribution in [0.15, 0.2) is 24.3 Å². The van der Waals surface area contributed by atoms with Gasteiger partial charge in [-0.25, -0.2) is 0 Å². The van der Waals surface area contributed by atoms with Crippen molar-refractivity contribution in [2.24, 2.45) is 5.92 Å². The third kappa shape index (κ3) is 5.59. The van der Waals surface area contributed by atoms with Crippen LogP contribution in [0.25, 0.3) is 0 Å². The summed E-state index contributed by atoms with van der Waals surface area (Å²) in [7, 11) is 0. The molecule has 27 heavy (non-hydrogen) atoms. The van der Waals surface area contributed by atoms with Gasteiger partial charge in [-0.05, 0) is 57.2 Å². The average Bonchev–Trinajstić information content (AvgIpc) is 3.21. The minimum Gasteiger partial charge on any atom is -0.493 e. The van der Waals surface area contributed by atoms with E-state index in [1.165, 1.54) is 0 Å². The van der Waals surface area contributed by atoms with Gasteiger partial charge in [0.25, 0.3) is 5.91 Å². The fourth-order valence-electron chi connectivity index (χ4n) is 3.79. The monoisotopic (exact) mass is 395 g/mol. The van der Waals surface area contributed by atoms with Crippen molar-refractivity contribution in [3.05, 3.63) is 29.8 Å². The number of nitrogens with one attached hydrogen (secondary N) is 2. The minimum absolute atomic E-state index is 0. The van der Waals surface area contributed by atoms with Gasteiger partial charge in [0.05, 0.1) is 18.2 Å². The third-order valence-corrected chi connectivity index (χ3v) is 5.17. The largest absolute Gasteiger partial charge is 0.493 e. The Morgan fingerprint density at radius 3 is 2.81 bits per heavy atom. The van der Waals surface area contributed by atoms with Crippen molar-refractivity contribution >= 4 is 24.2 Å². The van der Waals surface area contributed by atoms with Crippen LogP contribution in [0, 0.1) is 5.92 Å². The zero-order valence-electron chi connectivity index (χ0n) is 15.9. The molecule has 1 aromatic carbocycles. The van der Waals surface area contributed by atoms with Crippen LogP contribution in [0.4, 0.5) is 0 Å². The minimum atomic E-state index is -0.0469. The van der Waals surface area contributed by atoms with Crippen LogP contribution < -0.4 is 15.4 Å². The number of carbonyl (C=O) groups is 2. The number of amides is 2. The maximum Gasteiger partial charge on any atom is 0.257 e. The maximum atomic E-state index is 12.9. The lowest BCUT2D eigenvalue weighted by Crippen LogP contribution is -2.46. The molecule has 1 aromatic rings. The first kappa shape index (κ1) is 21.5. The summed E-state index contributed by atoms with van der Waals surface area (Å²) >= 11 is 0. The third-order valence-electron chi connectivity index (χ3n) is 5.17. The summed E-state index contributed by atoms with van der Waals surface area (Å²) in [4.78, 5) is 27.0. The van der Waals surface area contributed by atoms with Crippen molar-refractivity contribution < 1.29 is 14.3 Å². The summed E-state index contributed by atoms with van der Waals surface area (Å²) in [5.74, 6) is 1.05. The Labute approximate surface area is 167 Å². The van der Waals surface area contributed by atoms with Gasteiger partial charge in [0.15, 0.2) is 0 Å². The van der Waals surface area contributed by atoms with Crippen molar-refractivity contribution in [1.82, 2.24) is 15.5 Å². The summed E-state index contributed by atoms with van der Waals surface area (Å²) in [6.45, 7) is 5.44. The number of para-hydroxylation sites is 1. The van der Waals surface area contributed by atoms with Crippen LogP contribution in [0.3, 0.4) is 0 Å². The first-order valence-electron chi connectivity index (χ1n) is 9.71. The Kier molecular flexibility index (Phi) is 8.38. The first-order valence-corrected chi connectivity index (χ1v) is 9.71. The van der Waals surface area contributed by atoms with E-state index in [-0.39, 0.29) is 30.3 Å². The van der Waals surface area contributed by atoms with Crippen molar-refractivity contribution in [3.8, 4) is 5.75 Å². The van der Waals surface area contributed by atoms with Crippen molar-refractivity contribution in [2.45, 2.75) is 38.6 Å². The SMILES string of the molecule is CCOc1ccccc1C(=O)N1CCCC(CNC(=O)C2CCCN2)C1.Cl. The Hall–Kier alpha value is -1.79. The number of ether oxygens (including phenoxy) is 1. The van der Waals surface area contributed by atoms with Crippen LogP contribution in [-0.2, 0) is 4.79 Å². The van der Waals surface area contributed by atoms with Gasteiger partial charge in [-0.3, -0.25) is 9.59 Å². The molecule has 2 fully saturated rings. The molecule has 2 atom stereocenters. The van der Waals surface area contributed by atoms with Crippen LogP contribution in [0.5, 0.6) is 5.75 Å². The molecule has 2 aliphatic rings. The number of halogens is 1. The van der Waals surface area contributed by atoms with E-state index >= 15 is 0 Å². The molecule has 2 N–H and O–H groups in total. The molecule has 0 radical (unpaired) electrons. The molecule has 2 amide bonds. The van der Waals surface area contributed by atoms with Gasteiger partial charge in [-0.1, -0.05) is 12.1 Å². The number of nitrogens with zero attached hydrogens (tertiary/aromatic N) is 1. The molecular formula is C20H30ClN3O3. The average molecular weight is 396 g/mol. The molecule has 2 aliphatic heterocycles. The van der Waals surface area contributed by atoms with Gasteiger partial charge in [0, 0.05) is 19.6 Å². The molecule has 7 heteroatoms. The van der Waals surface area contributed by atoms with E-state index < -0.39 is 0 Å². The lowest BCUT2D eigenvalue weighted by molar-refractivity contribution is -0.123. The Morgan fingerprint density at radius 1 is 1.26 bits per heavy atom. The topological polar surface area (TPSA) is 70.7 Å². The summed E-state index contributed by atoms with van der Waals surface area (Å²) in [6.07, 6.45) is 3.97. The molecule has 2 unspecified atom stereocenters. The molecule has 3 rings (SSSR count). The van der Waals surface area contributed by atoms with Crippen molar-refractivity contribution in [3.63, 3.8) is 0 Å². The predicted octanol–water partition coefficient (Wildman–Crippen LogP) is 2.23. The van der Waals surface area contributed by atoms with Crippen molar-refractivity contribution in [2.75, 3.05) is 32.8 Å². The van der Waals surface area contributed by atoms with Gasteiger partial charge in [0.2, 0.25) is 5.91 Å². The normalized spacial score (nSPS) is 22.0. The molecular weight excluding hydrogens is 366 g/mol. The van der Waals surface area contributed by atoms with Crippen LogP contribution in [0.2, 0.25) is 0 Å². The maximum absolute atomic E-state index is 12.9. The molecule has 0 spiro atoms. The number of piperidine rings is 1. The second-order valence-corrected chi connectivity index (χ2v) is 7.08. The summed E-state index contributed by atoms with van der Waals surface area (Å²) in [5.41, 5.74) is 0.620. The highest BCUT2D eigenvalue weighted by molar-refractivity contribution is 5.97. The van der Waals surface area contributed by atoms with E-state index in [0.717, 1.165) is 38.8 Å². The van der Waals surface area contributed by atoms with E-state index in [0.29, 0.717) is 36.9 Å². The van der Waals surface area contributed by atoms with Crippen LogP contribution in [0.1, 0.15) is 43.0 Å². The van der Waals surface area contributed by atoms with Gasteiger partial charge >= 0.3 is 0 Å². The molecule has 2 saturated heterocycles. The van der Waals surface area contributed by atoms with E-state index in [9.17, 15) is 9.59 Å². The number of carbonyl (C=O) groups excluding carboxylic acids is 2. The number of rotatable bonds is 6. The zero-order chi connectivity index (χ0) is 18.4. The molecule has 0 aliphatic carbocycles. The smallest absolute Gasteiger partial charge is 0.257 e. The summed E-state index contributed by atoms with van der Waals surface area (Å²) in [5, 5.41) is 6.28. The fourth-order valence-corrected chi connectivity index (χ4v) is 3.79. The molecule has 2 heterocycles. The highest BCUT2D eigenvalue weighted by Gasteiger charge is 2.27. The highest BCUT2D eigenvalue weighted by atomic mass is 35.5. The van der Waals surface area contributed by atoms with Gasteiger partial charge < -0.3 is 20.3 Å². The lowest BCUT2D eigenvalue weighted by Gasteiger charge is -2.33. The van der Waals surface area contributed by atoms with Gasteiger partial charge in [-0.15, -0.1) is 12.4 Å². The zero-order valence-corrected chi connectivity index (χ0v) is 16.7. The predicted molar refractivity (Wildman–Crippen MR) is 108 cm³/mol. The van der Waals surface area contributed by atoms with Gasteiger partial charge in [0.1, 0.15) is 5.75 Å². The Bertz CT molecular complexity index is 635. The quantitative estimate of drug-likeness (QED) is 0.774.